The predicted molar refractivity (Wildman–Crippen MR) is 119 cm³/mol. The molecular formula is C23H26ClN3O3. The largest absolute Gasteiger partial charge is 0.496 e. The van der Waals surface area contributed by atoms with E-state index in [1.165, 1.54) is 6.39 Å². The molecule has 2 N–H and O–H groups in total. The van der Waals surface area contributed by atoms with Gasteiger partial charge in [-0.3, -0.25) is 4.79 Å². The Hall–Kier alpha value is -2.83. The summed E-state index contributed by atoms with van der Waals surface area (Å²) in [5, 5.41) is 7.01. The van der Waals surface area contributed by atoms with Crippen LogP contribution in [-0.4, -0.2) is 24.0 Å². The zero-order valence-electron chi connectivity index (χ0n) is 17.3. The molecule has 0 bridgehead atoms. The highest BCUT2D eigenvalue weighted by molar-refractivity contribution is 6.31. The van der Waals surface area contributed by atoms with E-state index < -0.39 is 0 Å². The Kier molecular flexibility index (Phi) is 7.49. The summed E-state index contributed by atoms with van der Waals surface area (Å²) >= 11 is 6.25. The Bertz CT molecular complexity index is 974. The van der Waals surface area contributed by atoms with Crippen molar-refractivity contribution in [2.75, 3.05) is 12.4 Å². The molecule has 3 rings (SSSR count). The zero-order valence-corrected chi connectivity index (χ0v) is 18.1. The maximum atomic E-state index is 13.0. The van der Waals surface area contributed by atoms with Crippen molar-refractivity contribution in [3.8, 4) is 17.1 Å². The number of nitrogens with zero attached hydrogens (tertiary/aromatic N) is 1. The maximum absolute atomic E-state index is 13.0. The van der Waals surface area contributed by atoms with Crippen molar-refractivity contribution in [2.45, 2.75) is 32.9 Å². The Morgan fingerprint density at radius 2 is 2.03 bits per heavy atom. The molecule has 158 valence electrons. The molecule has 0 unspecified atom stereocenters. The number of halogens is 1. The number of nitrogens with one attached hydrogen (secondary N) is 2. The quantitative estimate of drug-likeness (QED) is 0.494. The summed E-state index contributed by atoms with van der Waals surface area (Å²) in [6, 6.07) is 12.7. The number of hydrogen-bond donors (Lipinski definition) is 2. The van der Waals surface area contributed by atoms with Crippen molar-refractivity contribution in [1.29, 1.82) is 0 Å². The third-order valence-electron chi connectivity index (χ3n) is 4.69. The van der Waals surface area contributed by atoms with Crippen LogP contribution in [0, 0.1) is 5.92 Å². The molecule has 6 nitrogen and oxygen atoms in total. The first-order chi connectivity index (χ1) is 14.5. The van der Waals surface area contributed by atoms with E-state index in [9.17, 15) is 4.79 Å². The lowest BCUT2D eigenvalue weighted by Crippen LogP contribution is -2.41. The molecule has 1 amide bonds. The molecule has 0 spiro atoms. The van der Waals surface area contributed by atoms with Gasteiger partial charge < -0.3 is 19.8 Å². The smallest absolute Gasteiger partial charge is 0.241 e. The first-order valence-electron chi connectivity index (χ1n) is 9.82. The average molecular weight is 428 g/mol. The highest BCUT2D eigenvalue weighted by atomic mass is 35.5. The van der Waals surface area contributed by atoms with E-state index in [-0.39, 0.29) is 11.9 Å². The van der Waals surface area contributed by atoms with E-state index in [1.807, 2.05) is 36.4 Å². The summed E-state index contributed by atoms with van der Waals surface area (Å²) in [6.45, 7) is 4.69. The summed E-state index contributed by atoms with van der Waals surface area (Å²) in [5.41, 5.74) is 2.37. The van der Waals surface area contributed by atoms with Gasteiger partial charge in [-0.1, -0.05) is 43.6 Å². The molecule has 0 aliphatic carbocycles. The molecule has 1 aromatic heterocycles. The lowest BCUT2D eigenvalue weighted by molar-refractivity contribution is -0.118. The van der Waals surface area contributed by atoms with E-state index in [0.29, 0.717) is 41.1 Å². The monoisotopic (exact) mass is 427 g/mol. The summed E-state index contributed by atoms with van der Waals surface area (Å²) in [4.78, 5) is 16.9. The highest BCUT2D eigenvalue weighted by Gasteiger charge is 2.20. The van der Waals surface area contributed by atoms with Gasteiger partial charge in [0.05, 0.1) is 24.9 Å². The van der Waals surface area contributed by atoms with Crippen molar-refractivity contribution in [3.05, 3.63) is 65.6 Å². The third kappa shape index (κ3) is 5.62. The minimum Gasteiger partial charge on any atom is -0.496 e. The van der Waals surface area contributed by atoms with Gasteiger partial charge in [-0.2, -0.15) is 0 Å². The van der Waals surface area contributed by atoms with Gasteiger partial charge in [0, 0.05) is 23.3 Å². The third-order valence-corrected chi connectivity index (χ3v) is 5.06. The minimum atomic E-state index is -0.360. The first-order valence-corrected chi connectivity index (χ1v) is 10.2. The topological polar surface area (TPSA) is 76.4 Å². The Balaban J connectivity index is 1.72. The second-order valence-electron chi connectivity index (χ2n) is 7.42. The molecular weight excluding hydrogens is 402 g/mol. The first kappa shape index (κ1) is 21.9. The SMILES string of the molecule is COc1cc(NC(=O)[C@@H](CC(C)C)NCc2ccccc2Cl)ccc1-c1cnco1. The highest BCUT2D eigenvalue weighted by Crippen LogP contribution is 2.32. The molecule has 0 radical (unpaired) electrons. The summed E-state index contributed by atoms with van der Waals surface area (Å²) < 4.78 is 10.8. The van der Waals surface area contributed by atoms with Gasteiger partial charge in [0.25, 0.3) is 0 Å². The number of aromatic nitrogens is 1. The fourth-order valence-electron chi connectivity index (χ4n) is 3.18. The molecule has 30 heavy (non-hydrogen) atoms. The van der Waals surface area contributed by atoms with Crippen LogP contribution >= 0.6 is 11.6 Å². The van der Waals surface area contributed by atoms with Crippen LogP contribution in [0.1, 0.15) is 25.8 Å². The average Bonchev–Trinajstić information content (AvgIpc) is 3.26. The molecule has 7 heteroatoms. The van der Waals surface area contributed by atoms with Crippen LogP contribution in [0.3, 0.4) is 0 Å². The number of rotatable bonds is 9. The number of methoxy groups -OCH3 is 1. The van der Waals surface area contributed by atoms with Crippen LogP contribution < -0.4 is 15.4 Å². The molecule has 0 saturated carbocycles. The predicted octanol–water partition coefficient (Wildman–Crippen LogP) is 5.15. The number of amides is 1. The normalized spacial score (nSPS) is 12.0. The van der Waals surface area contributed by atoms with E-state index in [0.717, 1.165) is 11.1 Å². The molecule has 0 aliphatic rings. The Morgan fingerprint density at radius 3 is 2.70 bits per heavy atom. The molecule has 3 aromatic rings. The number of carbonyl (C=O) groups is 1. The van der Waals surface area contributed by atoms with E-state index in [2.05, 4.69) is 29.5 Å². The van der Waals surface area contributed by atoms with Crippen molar-refractivity contribution in [1.82, 2.24) is 10.3 Å². The second-order valence-corrected chi connectivity index (χ2v) is 7.83. The van der Waals surface area contributed by atoms with Crippen molar-refractivity contribution in [3.63, 3.8) is 0 Å². The summed E-state index contributed by atoms with van der Waals surface area (Å²) in [7, 11) is 1.58. The molecule has 1 atom stereocenters. The zero-order chi connectivity index (χ0) is 21.5. The van der Waals surface area contributed by atoms with Crippen LogP contribution in [0.2, 0.25) is 5.02 Å². The van der Waals surface area contributed by atoms with E-state index >= 15 is 0 Å². The number of anilines is 1. The van der Waals surface area contributed by atoms with Gasteiger partial charge in [-0.25, -0.2) is 4.98 Å². The Morgan fingerprint density at radius 1 is 1.23 bits per heavy atom. The van der Waals surface area contributed by atoms with Crippen LogP contribution in [-0.2, 0) is 11.3 Å². The summed E-state index contributed by atoms with van der Waals surface area (Å²) in [5.74, 6) is 1.44. The minimum absolute atomic E-state index is 0.106. The standard InChI is InChI=1S/C23H26ClN3O3/c1-15(2)10-20(26-12-16-6-4-5-7-19(16)24)23(28)27-17-8-9-18(21(11-17)29-3)22-13-25-14-30-22/h4-9,11,13-15,20,26H,10,12H2,1-3H3,(H,27,28)/t20-/m1/s1. The molecule has 2 aromatic carbocycles. The number of hydrogen-bond acceptors (Lipinski definition) is 5. The van der Waals surface area contributed by atoms with Crippen LogP contribution in [0.4, 0.5) is 5.69 Å². The lowest BCUT2D eigenvalue weighted by atomic mass is 10.0. The Labute approximate surface area is 181 Å². The summed E-state index contributed by atoms with van der Waals surface area (Å²) in [6.07, 6.45) is 3.68. The molecule has 0 saturated heterocycles. The van der Waals surface area contributed by atoms with Crippen molar-refractivity contribution < 1.29 is 13.9 Å². The van der Waals surface area contributed by atoms with E-state index in [1.54, 1.807) is 19.4 Å². The molecule has 0 aliphatic heterocycles. The van der Waals surface area contributed by atoms with Gasteiger partial charge in [0.1, 0.15) is 5.75 Å². The van der Waals surface area contributed by atoms with Gasteiger partial charge in [-0.15, -0.1) is 0 Å². The number of oxazole rings is 1. The number of ether oxygens (including phenoxy) is 1. The molecule has 1 heterocycles. The second kappa shape index (κ2) is 10.3. The van der Waals surface area contributed by atoms with Crippen LogP contribution in [0.5, 0.6) is 5.75 Å². The van der Waals surface area contributed by atoms with Gasteiger partial charge in [0.2, 0.25) is 5.91 Å². The number of carbonyl (C=O) groups excluding carboxylic acids is 1. The van der Waals surface area contributed by atoms with Crippen molar-refractivity contribution in [2.24, 2.45) is 5.92 Å². The van der Waals surface area contributed by atoms with Gasteiger partial charge in [-0.05, 0) is 36.1 Å². The lowest BCUT2D eigenvalue weighted by Gasteiger charge is -2.21. The van der Waals surface area contributed by atoms with Gasteiger partial charge >= 0.3 is 0 Å². The van der Waals surface area contributed by atoms with E-state index in [4.69, 9.17) is 20.8 Å². The van der Waals surface area contributed by atoms with Crippen LogP contribution in [0.15, 0.2) is 59.5 Å². The number of benzene rings is 2. The van der Waals surface area contributed by atoms with Crippen LogP contribution in [0.25, 0.3) is 11.3 Å². The molecule has 0 fully saturated rings. The fraction of sp³-hybridized carbons (Fsp3) is 0.304. The maximum Gasteiger partial charge on any atom is 0.241 e. The van der Waals surface area contributed by atoms with Crippen molar-refractivity contribution >= 4 is 23.2 Å². The fourth-order valence-corrected chi connectivity index (χ4v) is 3.38. The van der Waals surface area contributed by atoms with Gasteiger partial charge in [0.15, 0.2) is 12.2 Å².